The number of hydrogen-bond donors (Lipinski definition) is 0. The molecule has 1 aromatic heterocycles. The molecule has 0 saturated carbocycles. The zero-order valence-electron chi connectivity index (χ0n) is 14.4. The number of likely N-dealkylation sites (N-methyl/N-ethyl adjacent to an activating group) is 1. The molecular weight excluding hydrogens is 334 g/mol. The Morgan fingerprint density at radius 2 is 1.65 bits per heavy atom. The van der Waals surface area contributed by atoms with Gasteiger partial charge in [0.25, 0.3) is 11.5 Å². The molecule has 0 aliphatic carbocycles. The number of rotatable bonds is 4. The number of hydrogen-bond acceptors (Lipinski definition) is 5. The quantitative estimate of drug-likeness (QED) is 0.669. The molecule has 0 N–H and O–H groups in total. The normalized spacial score (nSPS) is 10.5. The number of ether oxygens (including phenoxy) is 1. The van der Waals surface area contributed by atoms with Gasteiger partial charge in [0.15, 0.2) is 12.3 Å². The summed E-state index contributed by atoms with van der Waals surface area (Å²) >= 11 is 0. The van der Waals surface area contributed by atoms with Crippen LogP contribution in [0.3, 0.4) is 0 Å². The number of fused-ring (bicyclic) bond motifs is 1. The first-order valence-electron chi connectivity index (χ1n) is 7.94. The van der Waals surface area contributed by atoms with Crippen LogP contribution in [0.2, 0.25) is 0 Å². The van der Waals surface area contributed by atoms with E-state index in [1.165, 1.54) is 11.9 Å². The number of aromatic nitrogens is 2. The van der Waals surface area contributed by atoms with E-state index < -0.39 is 12.6 Å². The van der Waals surface area contributed by atoms with Crippen molar-refractivity contribution >= 4 is 28.3 Å². The molecule has 3 aromatic rings. The largest absolute Gasteiger partial charge is 0.451 e. The van der Waals surface area contributed by atoms with Gasteiger partial charge in [-0.15, -0.1) is 0 Å². The minimum atomic E-state index is -0.758. The number of benzene rings is 2. The summed E-state index contributed by atoms with van der Waals surface area (Å²) in [6.45, 7) is -0.428. The number of carbonyl (C=O) groups excluding carboxylic acids is 2. The molecule has 0 bridgehead atoms. The molecule has 0 unspecified atom stereocenters. The SMILES string of the molecule is CN(C(=O)COC(=O)c1nn(C)c(=O)c2ccccc12)c1ccccc1. The van der Waals surface area contributed by atoms with Crippen molar-refractivity contribution in [2.24, 2.45) is 7.05 Å². The van der Waals surface area contributed by atoms with E-state index in [0.29, 0.717) is 16.5 Å². The Morgan fingerprint density at radius 1 is 1.04 bits per heavy atom. The molecule has 0 aliphatic rings. The topological polar surface area (TPSA) is 81.5 Å². The van der Waals surface area contributed by atoms with Crippen molar-refractivity contribution in [1.82, 2.24) is 9.78 Å². The first-order valence-corrected chi connectivity index (χ1v) is 7.94. The third kappa shape index (κ3) is 3.32. The van der Waals surface area contributed by atoms with Crippen LogP contribution in [-0.4, -0.2) is 35.3 Å². The van der Waals surface area contributed by atoms with Gasteiger partial charge in [0, 0.05) is 25.2 Å². The number of esters is 1. The van der Waals surface area contributed by atoms with Gasteiger partial charge in [-0.2, -0.15) is 5.10 Å². The first-order chi connectivity index (χ1) is 12.5. The van der Waals surface area contributed by atoms with Gasteiger partial charge in [-0.3, -0.25) is 9.59 Å². The lowest BCUT2D eigenvalue weighted by Crippen LogP contribution is -2.31. The van der Waals surface area contributed by atoms with Crippen molar-refractivity contribution in [3.63, 3.8) is 0 Å². The minimum Gasteiger partial charge on any atom is -0.451 e. The fraction of sp³-hybridized carbons (Fsp3) is 0.158. The maximum atomic E-state index is 12.4. The lowest BCUT2D eigenvalue weighted by molar-refractivity contribution is -0.121. The standard InChI is InChI=1S/C19H17N3O4/c1-21(13-8-4-3-5-9-13)16(23)12-26-19(25)17-14-10-6-7-11-15(14)18(24)22(2)20-17/h3-11H,12H2,1-2H3. The van der Waals surface area contributed by atoms with E-state index in [1.807, 2.05) is 18.2 Å². The Balaban J connectivity index is 1.79. The van der Waals surface area contributed by atoms with Gasteiger partial charge in [-0.25, -0.2) is 9.48 Å². The smallest absolute Gasteiger partial charge is 0.359 e. The van der Waals surface area contributed by atoms with E-state index >= 15 is 0 Å². The molecule has 7 nitrogen and oxygen atoms in total. The third-order valence-corrected chi connectivity index (χ3v) is 3.99. The maximum Gasteiger partial charge on any atom is 0.359 e. The maximum absolute atomic E-state index is 12.4. The highest BCUT2D eigenvalue weighted by molar-refractivity contribution is 6.03. The average molecular weight is 351 g/mol. The van der Waals surface area contributed by atoms with Crippen LogP contribution in [0.1, 0.15) is 10.5 Å². The molecule has 0 saturated heterocycles. The van der Waals surface area contributed by atoms with Crippen molar-refractivity contribution in [1.29, 1.82) is 0 Å². The van der Waals surface area contributed by atoms with Gasteiger partial charge in [0.2, 0.25) is 0 Å². The van der Waals surface area contributed by atoms with Crippen molar-refractivity contribution in [3.8, 4) is 0 Å². The van der Waals surface area contributed by atoms with Crippen LogP contribution in [0.15, 0.2) is 59.4 Å². The second kappa shape index (κ2) is 7.18. The lowest BCUT2D eigenvalue weighted by atomic mass is 10.1. The number of amides is 1. The molecule has 0 atom stereocenters. The monoisotopic (exact) mass is 351 g/mol. The second-order valence-electron chi connectivity index (χ2n) is 5.69. The minimum absolute atomic E-state index is 0.00198. The van der Waals surface area contributed by atoms with Crippen molar-refractivity contribution in [2.75, 3.05) is 18.6 Å². The van der Waals surface area contributed by atoms with Gasteiger partial charge in [0.05, 0.1) is 5.39 Å². The van der Waals surface area contributed by atoms with E-state index in [2.05, 4.69) is 5.10 Å². The molecule has 132 valence electrons. The van der Waals surface area contributed by atoms with Crippen LogP contribution in [0.4, 0.5) is 5.69 Å². The van der Waals surface area contributed by atoms with E-state index in [1.54, 1.807) is 43.4 Å². The number of para-hydroxylation sites is 1. The fourth-order valence-electron chi connectivity index (χ4n) is 2.54. The Labute approximate surface area is 149 Å². The Kier molecular flexibility index (Phi) is 4.79. The van der Waals surface area contributed by atoms with Gasteiger partial charge < -0.3 is 9.64 Å². The van der Waals surface area contributed by atoms with Gasteiger partial charge in [-0.1, -0.05) is 36.4 Å². The molecule has 0 spiro atoms. The molecule has 1 amide bonds. The summed E-state index contributed by atoms with van der Waals surface area (Å²) in [5, 5.41) is 4.74. The second-order valence-corrected chi connectivity index (χ2v) is 5.69. The lowest BCUT2D eigenvalue weighted by Gasteiger charge is -2.17. The van der Waals surface area contributed by atoms with Crippen LogP contribution in [0.25, 0.3) is 10.8 Å². The molecule has 1 heterocycles. The summed E-state index contributed by atoms with van der Waals surface area (Å²) in [7, 11) is 3.06. The highest BCUT2D eigenvalue weighted by Gasteiger charge is 2.19. The Bertz CT molecular complexity index is 1030. The number of nitrogens with zero attached hydrogens (tertiary/aromatic N) is 3. The molecule has 0 aliphatic heterocycles. The van der Waals surface area contributed by atoms with Crippen molar-refractivity contribution in [2.45, 2.75) is 0 Å². The molecule has 3 rings (SSSR count). The predicted octanol–water partition coefficient (Wildman–Crippen LogP) is 1.75. The average Bonchev–Trinajstić information content (AvgIpc) is 2.68. The van der Waals surface area contributed by atoms with Gasteiger partial charge in [-0.05, 0) is 18.2 Å². The number of aryl methyl sites for hydroxylation is 1. The Morgan fingerprint density at radius 3 is 2.35 bits per heavy atom. The number of anilines is 1. The summed E-state index contributed by atoms with van der Waals surface area (Å²) in [5.74, 6) is -1.13. The zero-order chi connectivity index (χ0) is 18.7. The van der Waals surface area contributed by atoms with Crippen LogP contribution >= 0.6 is 0 Å². The van der Waals surface area contributed by atoms with Gasteiger partial charge >= 0.3 is 5.97 Å². The summed E-state index contributed by atoms with van der Waals surface area (Å²) in [6.07, 6.45) is 0. The Hall–Kier alpha value is -3.48. The van der Waals surface area contributed by atoms with Crippen LogP contribution in [0.5, 0.6) is 0 Å². The van der Waals surface area contributed by atoms with Crippen LogP contribution in [-0.2, 0) is 16.6 Å². The fourth-order valence-corrected chi connectivity index (χ4v) is 2.54. The zero-order valence-corrected chi connectivity index (χ0v) is 14.4. The molecule has 2 aromatic carbocycles. The molecule has 0 fully saturated rings. The van der Waals surface area contributed by atoms with Crippen molar-refractivity contribution in [3.05, 3.63) is 70.6 Å². The molecule has 26 heavy (non-hydrogen) atoms. The van der Waals surface area contributed by atoms with E-state index in [0.717, 1.165) is 4.68 Å². The first kappa shape index (κ1) is 17.3. The summed E-state index contributed by atoms with van der Waals surface area (Å²) in [4.78, 5) is 38.2. The summed E-state index contributed by atoms with van der Waals surface area (Å²) < 4.78 is 6.21. The molecule has 0 radical (unpaired) electrons. The van der Waals surface area contributed by atoms with E-state index in [4.69, 9.17) is 4.74 Å². The molecular formula is C19H17N3O4. The predicted molar refractivity (Wildman–Crippen MR) is 97.1 cm³/mol. The summed E-state index contributed by atoms with van der Waals surface area (Å²) in [6, 6.07) is 15.7. The molecule has 7 heteroatoms. The van der Waals surface area contributed by atoms with Crippen LogP contribution in [0, 0.1) is 0 Å². The van der Waals surface area contributed by atoms with E-state index in [9.17, 15) is 14.4 Å². The highest BCUT2D eigenvalue weighted by atomic mass is 16.5. The highest BCUT2D eigenvalue weighted by Crippen LogP contribution is 2.15. The summed E-state index contributed by atoms with van der Waals surface area (Å²) in [5.41, 5.74) is 0.383. The van der Waals surface area contributed by atoms with Crippen molar-refractivity contribution < 1.29 is 14.3 Å². The third-order valence-electron chi connectivity index (χ3n) is 3.99. The van der Waals surface area contributed by atoms with Gasteiger partial charge in [0.1, 0.15) is 0 Å². The number of carbonyl (C=O) groups is 2. The van der Waals surface area contributed by atoms with E-state index in [-0.39, 0.29) is 17.2 Å². The van der Waals surface area contributed by atoms with Crippen LogP contribution < -0.4 is 10.5 Å².